The molecular weight excluding hydrogens is 370 g/mol. The number of benzene rings is 3. The molecule has 0 spiro atoms. The van der Waals surface area contributed by atoms with Crippen LogP contribution in [-0.4, -0.2) is 41.0 Å². The summed E-state index contributed by atoms with van der Waals surface area (Å²) in [6.45, 7) is 3.61. The number of nitrogen functional groups attached to an aromatic ring is 1. The van der Waals surface area contributed by atoms with Crippen molar-refractivity contribution in [1.29, 1.82) is 0 Å². The Morgan fingerprint density at radius 3 is 1.87 bits per heavy atom. The quantitative estimate of drug-likeness (QED) is 0.563. The van der Waals surface area contributed by atoms with E-state index in [0.717, 1.165) is 43.0 Å². The lowest BCUT2D eigenvalue weighted by molar-refractivity contribution is 0.211. The van der Waals surface area contributed by atoms with Crippen molar-refractivity contribution in [3.05, 3.63) is 96.1 Å². The summed E-state index contributed by atoms with van der Waals surface area (Å²) in [6, 6.07) is 29.7. The summed E-state index contributed by atoms with van der Waals surface area (Å²) in [7, 11) is 0. The lowest BCUT2D eigenvalue weighted by atomic mass is 9.96. The lowest BCUT2D eigenvalue weighted by Gasteiger charge is -2.39. The standard InChI is InChI=1S/C25H25N5/c26-24-21-13-7-8-14-22(21)27-25(28-24)30-17-15-29(16-18-30)23(19-9-3-1-4-10-19)20-11-5-2-6-12-20/h1-14,23H,15-18H2,(H2,26,27,28). The molecule has 1 saturated heterocycles. The Bertz CT molecular complexity index is 1080. The molecule has 5 heteroatoms. The SMILES string of the molecule is Nc1nc(N2CCN(C(c3ccccc3)c3ccccc3)CC2)nc2ccccc12. The third-order valence-corrected chi connectivity index (χ3v) is 5.81. The number of nitrogens with zero attached hydrogens (tertiary/aromatic N) is 4. The molecule has 0 saturated carbocycles. The molecule has 0 aliphatic carbocycles. The molecule has 0 bridgehead atoms. The largest absolute Gasteiger partial charge is 0.383 e. The summed E-state index contributed by atoms with van der Waals surface area (Å²) in [4.78, 5) is 14.1. The van der Waals surface area contributed by atoms with E-state index in [0.29, 0.717) is 5.82 Å². The van der Waals surface area contributed by atoms with Gasteiger partial charge < -0.3 is 10.6 Å². The number of para-hydroxylation sites is 1. The highest BCUT2D eigenvalue weighted by Gasteiger charge is 2.27. The maximum absolute atomic E-state index is 6.20. The Balaban J connectivity index is 1.39. The summed E-state index contributed by atoms with van der Waals surface area (Å²) in [6.07, 6.45) is 0. The van der Waals surface area contributed by atoms with E-state index in [9.17, 15) is 0 Å². The van der Waals surface area contributed by atoms with Gasteiger partial charge in [-0.1, -0.05) is 72.8 Å². The number of aromatic nitrogens is 2. The molecule has 3 aromatic carbocycles. The lowest BCUT2D eigenvalue weighted by Crippen LogP contribution is -2.48. The van der Waals surface area contributed by atoms with Crippen LogP contribution in [0.4, 0.5) is 11.8 Å². The fraction of sp³-hybridized carbons (Fsp3) is 0.200. The molecule has 0 radical (unpaired) electrons. The number of anilines is 2. The van der Waals surface area contributed by atoms with Gasteiger partial charge >= 0.3 is 0 Å². The normalized spacial score (nSPS) is 15.0. The fourth-order valence-electron chi connectivity index (χ4n) is 4.29. The van der Waals surface area contributed by atoms with Crippen LogP contribution in [-0.2, 0) is 0 Å². The average molecular weight is 396 g/mol. The third kappa shape index (κ3) is 3.60. The second-order valence-electron chi connectivity index (χ2n) is 7.67. The minimum Gasteiger partial charge on any atom is -0.383 e. The average Bonchev–Trinajstić information content (AvgIpc) is 2.81. The van der Waals surface area contributed by atoms with Crippen molar-refractivity contribution < 1.29 is 0 Å². The molecule has 1 aliphatic rings. The Morgan fingerprint density at radius 2 is 1.23 bits per heavy atom. The summed E-state index contributed by atoms with van der Waals surface area (Å²) >= 11 is 0. The minimum absolute atomic E-state index is 0.247. The van der Waals surface area contributed by atoms with Gasteiger partial charge in [0.25, 0.3) is 0 Å². The third-order valence-electron chi connectivity index (χ3n) is 5.81. The van der Waals surface area contributed by atoms with E-state index in [1.165, 1.54) is 11.1 Å². The number of nitrogens with two attached hydrogens (primary N) is 1. The van der Waals surface area contributed by atoms with Gasteiger partial charge in [-0.3, -0.25) is 4.90 Å². The topological polar surface area (TPSA) is 58.3 Å². The second-order valence-corrected chi connectivity index (χ2v) is 7.67. The van der Waals surface area contributed by atoms with Gasteiger partial charge in [0.15, 0.2) is 0 Å². The van der Waals surface area contributed by atoms with Gasteiger partial charge in [0.05, 0.1) is 11.6 Å². The van der Waals surface area contributed by atoms with Crippen molar-refractivity contribution in [3.8, 4) is 0 Å². The molecule has 5 nitrogen and oxygen atoms in total. The van der Waals surface area contributed by atoms with E-state index in [-0.39, 0.29) is 6.04 Å². The maximum Gasteiger partial charge on any atom is 0.227 e. The Labute approximate surface area is 176 Å². The van der Waals surface area contributed by atoms with E-state index < -0.39 is 0 Å². The zero-order chi connectivity index (χ0) is 20.3. The summed E-state index contributed by atoms with van der Waals surface area (Å²) in [5, 5.41) is 0.910. The molecule has 1 aromatic heterocycles. The second kappa shape index (κ2) is 8.13. The number of hydrogen-bond donors (Lipinski definition) is 1. The highest BCUT2D eigenvalue weighted by molar-refractivity contribution is 5.88. The van der Waals surface area contributed by atoms with Crippen LogP contribution in [0.3, 0.4) is 0 Å². The molecule has 150 valence electrons. The van der Waals surface area contributed by atoms with Crippen molar-refractivity contribution in [2.45, 2.75) is 6.04 Å². The van der Waals surface area contributed by atoms with E-state index in [4.69, 9.17) is 10.7 Å². The number of fused-ring (bicyclic) bond motifs is 1. The summed E-state index contributed by atoms with van der Waals surface area (Å²) < 4.78 is 0. The van der Waals surface area contributed by atoms with Gasteiger partial charge in [-0.25, -0.2) is 4.98 Å². The molecule has 1 aliphatic heterocycles. The van der Waals surface area contributed by atoms with Crippen LogP contribution in [0.2, 0.25) is 0 Å². The van der Waals surface area contributed by atoms with E-state index >= 15 is 0 Å². The van der Waals surface area contributed by atoms with E-state index in [2.05, 4.69) is 75.4 Å². The van der Waals surface area contributed by atoms with Gasteiger partial charge in [-0.2, -0.15) is 4.98 Å². The van der Waals surface area contributed by atoms with Crippen molar-refractivity contribution in [3.63, 3.8) is 0 Å². The molecule has 1 fully saturated rings. The van der Waals surface area contributed by atoms with Gasteiger partial charge in [0.2, 0.25) is 5.95 Å². The van der Waals surface area contributed by atoms with Crippen LogP contribution in [0.1, 0.15) is 17.2 Å². The first-order valence-corrected chi connectivity index (χ1v) is 10.4. The van der Waals surface area contributed by atoms with Crippen LogP contribution in [0.5, 0.6) is 0 Å². The zero-order valence-corrected chi connectivity index (χ0v) is 16.9. The van der Waals surface area contributed by atoms with Gasteiger partial charge in [-0.05, 0) is 23.3 Å². The summed E-state index contributed by atoms with van der Waals surface area (Å²) in [5.74, 6) is 1.27. The molecule has 5 rings (SSSR count). The molecule has 0 unspecified atom stereocenters. The smallest absolute Gasteiger partial charge is 0.227 e. The maximum atomic E-state index is 6.20. The first kappa shape index (κ1) is 18.6. The monoisotopic (exact) mass is 395 g/mol. The molecule has 4 aromatic rings. The van der Waals surface area contributed by atoms with Crippen molar-refractivity contribution in [1.82, 2.24) is 14.9 Å². The van der Waals surface area contributed by atoms with Gasteiger partial charge in [-0.15, -0.1) is 0 Å². The molecule has 0 amide bonds. The van der Waals surface area contributed by atoms with E-state index in [1.54, 1.807) is 0 Å². The first-order chi connectivity index (χ1) is 14.8. The van der Waals surface area contributed by atoms with Crippen molar-refractivity contribution in [2.24, 2.45) is 0 Å². The Kier molecular flexibility index (Phi) is 5.03. The predicted octanol–water partition coefficient (Wildman–Crippen LogP) is 4.12. The van der Waals surface area contributed by atoms with Crippen LogP contribution < -0.4 is 10.6 Å². The molecular formula is C25H25N5. The fourth-order valence-corrected chi connectivity index (χ4v) is 4.29. The molecule has 2 N–H and O–H groups in total. The van der Waals surface area contributed by atoms with Crippen LogP contribution in [0.15, 0.2) is 84.9 Å². The highest BCUT2D eigenvalue weighted by Crippen LogP contribution is 2.30. The molecule has 30 heavy (non-hydrogen) atoms. The Hall–Kier alpha value is -3.44. The predicted molar refractivity (Wildman–Crippen MR) is 122 cm³/mol. The minimum atomic E-state index is 0.247. The van der Waals surface area contributed by atoms with E-state index in [1.807, 2.05) is 24.3 Å². The van der Waals surface area contributed by atoms with Gasteiger partial charge in [0.1, 0.15) is 5.82 Å². The van der Waals surface area contributed by atoms with Gasteiger partial charge in [0, 0.05) is 31.6 Å². The van der Waals surface area contributed by atoms with Crippen LogP contribution in [0.25, 0.3) is 10.9 Å². The summed E-state index contributed by atoms with van der Waals surface area (Å²) in [5.41, 5.74) is 9.75. The Morgan fingerprint density at radius 1 is 0.667 bits per heavy atom. The number of piperazine rings is 1. The van der Waals surface area contributed by atoms with Crippen molar-refractivity contribution in [2.75, 3.05) is 36.8 Å². The number of rotatable bonds is 4. The van der Waals surface area contributed by atoms with Crippen molar-refractivity contribution >= 4 is 22.7 Å². The zero-order valence-electron chi connectivity index (χ0n) is 16.9. The first-order valence-electron chi connectivity index (χ1n) is 10.4. The molecule has 0 atom stereocenters. The van der Waals surface area contributed by atoms with Crippen LogP contribution >= 0.6 is 0 Å². The van der Waals surface area contributed by atoms with Crippen LogP contribution in [0, 0.1) is 0 Å². The number of hydrogen-bond acceptors (Lipinski definition) is 5. The molecule has 2 heterocycles. The highest BCUT2D eigenvalue weighted by atomic mass is 15.3.